The van der Waals surface area contributed by atoms with Crippen LogP contribution >= 0.6 is 11.6 Å². The molecule has 2 heterocycles. The number of benzene rings is 1. The van der Waals surface area contributed by atoms with Gasteiger partial charge in [-0.15, -0.1) is 0 Å². The monoisotopic (exact) mass is 414 g/mol. The van der Waals surface area contributed by atoms with Crippen LogP contribution in [0.25, 0.3) is 0 Å². The molecule has 0 unspecified atom stereocenters. The summed E-state index contributed by atoms with van der Waals surface area (Å²) >= 11 is 6.02. The lowest BCUT2D eigenvalue weighted by Crippen LogP contribution is -2.40. The second-order valence-electron chi connectivity index (χ2n) is 5.96. The molecule has 1 fully saturated rings. The number of carbonyl (C=O) groups excluding carboxylic acids is 2. The van der Waals surface area contributed by atoms with Crippen LogP contribution in [-0.2, 0) is 11.0 Å². The Labute approximate surface area is 162 Å². The number of likely N-dealkylation sites (N-methyl/N-ethyl adjacent to an activating group) is 1. The number of pyridine rings is 1. The van der Waals surface area contributed by atoms with Crippen molar-refractivity contribution >= 4 is 29.2 Å². The van der Waals surface area contributed by atoms with Crippen molar-refractivity contribution in [3.05, 3.63) is 47.1 Å². The number of halogens is 4. The number of hydrogen-bond donors (Lipinski definition) is 2. The molecule has 7 nitrogen and oxygen atoms in total. The zero-order valence-electron chi connectivity index (χ0n) is 14.4. The average Bonchev–Trinajstić information content (AvgIpc) is 2.93. The maximum absolute atomic E-state index is 12.6. The van der Waals surface area contributed by atoms with Gasteiger partial charge in [0, 0.05) is 42.6 Å². The van der Waals surface area contributed by atoms with E-state index in [1.807, 2.05) is 0 Å². The van der Waals surface area contributed by atoms with Crippen LogP contribution in [0.1, 0.15) is 5.56 Å². The molecule has 11 heteroatoms. The summed E-state index contributed by atoms with van der Waals surface area (Å²) < 4.78 is 43.2. The number of hydrogen-bond acceptors (Lipinski definition) is 4. The Morgan fingerprint density at radius 2 is 2.11 bits per heavy atom. The molecule has 1 aromatic carbocycles. The summed E-state index contributed by atoms with van der Waals surface area (Å²) in [6, 6.07) is 5.20. The van der Waals surface area contributed by atoms with E-state index in [9.17, 15) is 22.8 Å². The third-order valence-corrected chi connectivity index (χ3v) is 4.18. The van der Waals surface area contributed by atoms with Crippen LogP contribution in [0.2, 0.25) is 5.02 Å². The first kappa shape index (κ1) is 19.7. The van der Waals surface area contributed by atoms with E-state index in [1.165, 1.54) is 30.1 Å². The lowest BCUT2D eigenvalue weighted by atomic mass is 10.2. The van der Waals surface area contributed by atoms with E-state index < -0.39 is 23.7 Å². The van der Waals surface area contributed by atoms with E-state index in [2.05, 4.69) is 15.6 Å². The number of anilines is 1. The minimum absolute atomic E-state index is 0.0714. The Morgan fingerprint density at radius 1 is 1.36 bits per heavy atom. The predicted octanol–water partition coefficient (Wildman–Crippen LogP) is 3.51. The molecule has 0 bridgehead atoms. The molecule has 0 spiro atoms. The van der Waals surface area contributed by atoms with Crippen LogP contribution in [0.3, 0.4) is 0 Å². The van der Waals surface area contributed by atoms with Crippen LogP contribution in [0.4, 0.5) is 23.7 Å². The summed E-state index contributed by atoms with van der Waals surface area (Å²) in [7, 11) is 1.50. The van der Waals surface area contributed by atoms with Crippen LogP contribution in [0.15, 0.2) is 36.5 Å². The second kappa shape index (κ2) is 7.55. The van der Waals surface area contributed by atoms with Gasteiger partial charge in [0.2, 0.25) is 11.8 Å². The van der Waals surface area contributed by atoms with Gasteiger partial charge in [0.15, 0.2) is 0 Å². The van der Waals surface area contributed by atoms with Crippen LogP contribution < -0.4 is 15.4 Å². The molecule has 1 aliphatic rings. The minimum Gasteiger partial charge on any atom is -0.439 e. The third-order valence-electron chi connectivity index (χ3n) is 3.96. The van der Waals surface area contributed by atoms with Gasteiger partial charge in [0.25, 0.3) is 0 Å². The molecule has 0 saturated carbocycles. The van der Waals surface area contributed by atoms with Crippen molar-refractivity contribution in [2.75, 3.05) is 18.9 Å². The fraction of sp³-hybridized carbons (Fsp3) is 0.235. The molecule has 1 aromatic heterocycles. The normalized spacial score (nSPS) is 16.7. The van der Waals surface area contributed by atoms with Crippen LogP contribution in [0, 0.1) is 0 Å². The highest BCUT2D eigenvalue weighted by Crippen LogP contribution is 2.31. The summed E-state index contributed by atoms with van der Waals surface area (Å²) in [5.41, 5.74) is -0.602. The van der Waals surface area contributed by atoms with Crippen LogP contribution in [0.5, 0.6) is 11.6 Å². The zero-order valence-corrected chi connectivity index (χ0v) is 15.1. The summed E-state index contributed by atoms with van der Waals surface area (Å²) in [6.07, 6.45) is -3.84. The number of carbonyl (C=O) groups is 2. The molecule has 0 radical (unpaired) electrons. The van der Waals surface area contributed by atoms with Gasteiger partial charge in [-0.05, 0) is 18.2 Å². The molecule has 148 valence electrons. The van der Waals surface area contributed by atoms with Crippen molar-refractivity contribution in [3.8, 4) is 11.6 Å². The number of nitrogens with zero attached hydrogens (tertiary/aromatic N) is 2. The maximum atomic E-state index is 12.6. The van der Waals surface area contributed by atoms with Crippen LogP contribution in [-0.4, -0.2) is 41.5 Å². The number of aromatic nitrogens is 1. The molecule has 1 aliphatic heterocycles. The van der Waals surface area contributed by atoms with Crippen molar-refractivity contribution in [1.29, 1.82) is 0 Å². The Morgan fingerprint density at radius 3 is 2.68 bits per heavy atom. The highest BCUT2D eigenvalue weighted by Gasteiger charge is 2.33. The van der Waals surface area contributed by atoms with Gasteiger partial charge in [-0.1, -0.05) is 11.6 Å². The molecule has 0 aliphatic carbocycles. The molecule has 3 rings (SSSR count). The Balaban J connectivity index is 1.73. The predicted molar refractivity (Wildman–Crippen MR) is 94.3 cm³/mol. The first-order valence-electron chi connectivity index (χ1n) is 7.97. The van der Waals surface area contributed by atoms with E-state index in [4.69, 9.17) is 16.3 Å². The van der Waals surface area contributed by atoms with E-state index in [-0.39, 0.29) is 29.2 Å². The van der Waals surface area contributed by atoms with Crippen molar-refractivity contribution in [1.82, 2.24) is 15.2 Å². The Bertz CT molecular complexity index is 906. The van der Waals surface area contributed by atoms with Crippen molar-refractivity contribution < 1.29 is 27.5 Å². The topological polar surface area (TPSA) is 83.6 Å². The summed E-state index contributed by atoms with van der Waals surface area (Å²) in [4.78, 5) is 28.7. The fourth-order valence-electron chi connectivity index (χ4n) is 2.50. The fourth-order valence-corrected chi connectivity index (χ4v) is 2.73. The lowest BCUT2D eigenvalue weighted by molar-refractivity contribution is -0.137. The Hall–Kier alpha value is -3.01. The van der Waals surface area contributed by atoms with Gasteiger partial charge in [-0.2, -0.15) is 13.2 Å². The number of rotatable bonds is 4. The van der Waals surface area contributed by atoms with Gasteiger partial charge < -0.3 is 20.3 Å². The number of alkyl halides is 3. The summed E-state index contributed by atoms with van der Waals surface area (Å²) in [6.45, 7) is 0.167. The largest absolute Gasteiger partial charge is 0.439 e. The SMILES string of the molecule is CN1C(=O)NC[C@H]1C(=O)Nc1cc(Cl)cc(Oc2ccc(C(F)(F)F)cn2)c1. The first-order valence-corrected chi connectivity index (χ1v) is 8.34. The standard InChI is InChI=1S/C17H14ClF3N4O3/c1-25-13(8-23-16(25)27)15(26)24-11-4-10(18)5-12(6-11)28-14-3-2-9(7-22-14)17(19,20)21/h2-7,13H,8H2,1H3,(H,23,27)(H,24,26)/t13-/m0/s1. The third kappa shape index (κ3) is 4.45. The number of nitrogens with one attached hydrogen (secondary N) is 2. The van der Waals surface area contributed by atoms with Gasteiger partial charge in [0.1, 0.15) is 11.8 Å². The molecule has 1 atom stereocenters. The lowest BCUT2D eigenvalue weighted by Gasteiger charge is -2.17. The smallest absolute Gasteiger partial charge is 0.417 e. The van der Waals surface area contributed by atoms with E-state index in [0.29, 0.717) is 11.9 Å². The van der Waals surface area contributed by atoms with E-state index in [1.54, 1.807) is 0 Å². The molecule has 2 N–H and O–H groups in total. The number of amides is 3. The Kier molecular flexibility index (Phi) is 5.32. The number of ether oxygens (including phenoxy) is 1. The van der Waals surface area contributed by atoms with E-state index in [0.717, 1.165) is 12.1 Å². The van der Waals surface area contributed by atoms with Crippen molar-refractivity contribution in [2.45, 2.75) is 12.2 Å². The van der Waals surface area contributed by atoms with Gasteiger partial charge >= 0.3 is 12.2 Å². The molecule has 3 amide bonds. The zero-order chi connectivity index (χ0) is 20.5. The molecule has 2 aromatic rings. The summed E-state index contributed by atoms with van der Waals surface area (Å²) in [5, 5.41) is 5.40. The van der Waals surface area contributed by atoms with Gasteiger partial charge in [-0.25, -0.2) is 9.78 Å². The quantitative estimate of drug-likeness (QED) is 0.802. The second-order valence-corrected chi connectivity index (χ2v) is 6.40. The molecule has 28 heavy (non-hydrogen) atoms. The highest BCUT2D eigenvalue weighted by atomic mass is 35.5. The van der Waals surface area contributed by atoms with Gasteiger partial charge in [0.05, 0.1) is 5.56 Å². The molecular weight excluding hydrogens is 401 g/mol. The average molecular weight is 415 g/mol. The molecular formula is C17H14ClF3N4O3. The summed E-state index contributed by atoms with van der Waals surface area (Å²) in [5.74, 6) is -0.330. The maximum Gasteiger partial charge on any atom is 0.417 e. The van der Waals surface area contributed by atoms with Crippen molar-refractivity contribution in [2.24, 2.45) is 0 Å². The first-order chi connectivity index (χ1) is 13.1. The van der Waals surface area contributed by atoms with Crippen molar-refractivity contribution in [3.63, 3.8) is 0 Å². The van der Waals surface area contributed by atoms with Gasteiger partial charge in [-0.3, -0.25) is 4.79 Å². The van der Waals surface area contributed by atoms with E-state index >= 15 is 0 Å². The number of urea groups is 1. The molecule has 1 saturated heterocycles. The highest BCUT2D eigenvalue weighted by molar-refractivity contribution is 6.31. The minimum atomic E-state index is -4.50.